The Morgan fingerprint density at radius 3 is 2.66 bits per heavy atom. The van der Waals surface area contributed by atoms with E-state index in [1.807, 2.05) is 79.6 Å². The molecule has 0 unspecified atom stereocenters. The van der Waals surface area contributed by atoms with Crippen LogP contribution >= 0.6 is 11.3 Å². The van der Waals surface area contributed by atoms with Crippen molar-refractivity contribution in [1.29, 1.82) is 0 Å². The predicted octanol–water partition coefficient (Wildman–Crippen LogP) is 6.02. The first kappa shape index (κ1) is 30.8. The van der Waals surface area contributed by atoms with E-state index in [1.165, 1.54) is 17.4 Å². The van der Waals surface area contributed by atoms with Gasteiger partial charge in [-0.15, -0.1) is 11.3 Å². The molecule has 0 spiro atoms. The van der Waals surface area contributed by atoms with E-state index in [9.17, 15) is 9.59 Å². The number of nitrogens with two attached hydrogens (primary N) is 1. The number of anilines is 2. The molecule has 0 aliphatic rings. The molecule has 0 saturated carbocycles. The van der Waals surface area contributed by atoms with E-state index in [2.05, 4.69) is 34.4 Å². The predicted molar refractivity (Wildman–Crippen MR) is 181 cm³/mol. The van der Waals surface area contributed by atoms with Crippen LogP contribution in [0.2, 0.25) is 0 Å². The number of fused-ring (bicyclic) bond motifs is 2. The minimum atomic E-state index is -0.231. The lowest BCUT2D eigenvalue weighted by molar-refractivity contribution is -0.116. The number of carbonyl (C=O) groups excluding carboxylic acids is 2. The maximum absolute atomic E-state index is 13.2. The van der Waals surface area contributed by atoms with Gasteiger partial charge < -0.3 is 30.6 Å². The lowest BCUT2D eigenvalue weighted by Gasteiger charge is -2.28. The highest BCUT2D eigenvalue weighted by Gasteiger charge is 2.20. The Bertz CT molecular complexity index is 1890. The number of hydrogen-bond acceptors (Lipinski definition) is 7. The maximum atomic E-state index is 13.2. The summed E-state index contributed by atoms with van der Waals surface area (Å²) in [6.07, 6.45) is 4.99. The average molecular weight is 611 g/mol. The highest BCUT2D eigenvalue weighted by molar-refractivity contribution is 7.18. The van der Waals surface area contributed by atoms with E-state index < -0.39 is 0 Å². The highest BCUT2D eigenvalue weighted by Crippen LogP contribution is 2.41. The van der Waals surface area contributed by atoms with Gasteiger partial charge in [0, 0.05) is 64.5 Å². The molecule has 2 amide bonds. The second-order valence-corrected chi connectivity index (χ2v) is 12.8. The van der Waals surface area contributed by atoms with Crippen LogP contribution in [0.5, 0.6) is 5.75 Å². The summed E-state index contributed by atoms with van der Waals surface area (Å²) in [6, 6.07) is 15.4. The van der Waals surface area contributed by atoms with Crippen molar-refractivity contribution in [3.8, 4) is 16.9 Å². The lowest BCUT2D eigenvalue weighted by atomic mass is 9.93. The van der Waals surface area contributed by atoms with Gasteiger partial charge in [-0.2, -0.15) is 0 Å². The van der Waals surface area contributed by atoms with E-state index in [0.717, 1.165) is 44.2 Å². The molecule has 2 aromatic carbocycles. The molecule has 0 radical (unpaired) electrons. The number of para-hydroxylation sites is 1. The van der Waals surface area contributed by atoms with Crippen molar-refractivity contribution in [3.63, 3.8) is 0 Å². The first-order valence-electron chi connectivity index (χ1n) is 14.3. The Labute approximate surface area is 261 Å². The third-order valence-corrected chi connectivity index (χ3v) is 8.53. The van der Waals surface area contributed by atoms with Crippen molar-refractivity contribution in [3.05, 3.63) is 77.4 Å². The second kappa shape index (κ2) is 12.5. The van der Waals surface area contributed by atoms with Gasteiger partial charge in [-0.1, -0.05) is 38.1 Å². The molecule has 0 fully saturated rings. The van der Waals surface area contributed by atoms with Crippen LogP contribution in [0.1, 0.15) is 29.9 Å². The Morgan fingerprint density at radius 2 is 1.93 bits per heavy atom. The van der Waals surface area contributed by atoms with Crippen molar-refractivity contribution in [1.82, 2.24) is 19.8 Å². The van der Waals surface area contributed by atoms with Gasteiger partial charge in [0.25, 0.3) is 5.91 Å². The number of aryl methyl sites for hydroxylation is 1. The summed E-state index contributed by atoms with van der Waals surface area (Å²) >= 11 is 1.53. The van der Waals surface area contributed by atoms with Gasteiger partial charge in [-0.05, 0) is 60.8 Å². The molecule has 0 atom stereocenters. The summed E-state index contributed by atoms with van der Waals surface area (Å²) in [6.45, 7) is 5.67. The number of methoxy groups -OCH3 is 1. The number of nitrogen functional groups attached to an aromatic ring is 1. The molecular formula is C34H38N6O3S. The smallest absolute Gasteiger partial charge is 0.272 e. The van der Waals surface area contributed by atoms with Gasteiger partial charge in [-0.3, -0.25) is 9.59 Å². The zero-order chi connectivity index (χ0) is 31.6. The van der Waals surface area contributed by atoms with Gasteiger partial charge in [-0.25, -0.2) is 4.98 Å². The average Bonchev–Trinajstić information content (AvgIpc) is 3.58. The van der Waals surface area contributed by atoms with Gasteiger partial charge in [0.15, 0.2) is 0 Å². The van der Waals surface area contributed by atoms with Gasteiger partial charge in [0.2, 0.25) is 5.91 Å². The van der Waals surface area contributed by atoms with Crippen LogP contribution in [-0.4, -0.2) is 60.6 Å². The van der Waals surface area contributed by atoms with Gasteiger partial charge >= 0.3 is 0 Å². The number of ether oxygens (including phenoxy) is 1. The van der Waals surface area contributed by atoms with Gasteiger partial charge in [0.05, 0.1) is 12.8 Å². The molecule has 0 saturated heterocycles. The molecule has 0 aliphatic heterocycles. The number of pyridine rings is 1. The first-order chi connectivity index (χ1) is 21.0. The number of thiophene rings is 1. The molecule has 3 aromatic heterocycles. The number of nitrogens with zero attached hydrogens (tertiary/aromatic N) is 3. The molecule has 9 nitrogen and oxygen atoms in total. The molecule has 3 heterocycles. The van der Waals surface area contributed by atoms with E-state index in [4.69, 9.17) is 10.5 Å². The highest BCUT2D eigenvalue weighted by atomic mass is 32.1. The minimum Gasteiger partial charge on any atom is -0.495 e. The van der Waals surface area contributed by atoms with Crippen molar-refractivity contribution in [2.75, 3.05) is 45.3 Å². The Hall–Kier alpha value is -4.67. The summed E-state index contributed by atoms with van der Waals surface area (Å²) in [5.74, 6) is 0.524. The topological polar surface area (TPSA) is 115 Å². The van der Waals surface area contributed by atoms with Crippen LogP contribution in [-0.2, 0) is 11.8 Å². The van der Waals surface area contributed by atoms with Crippen LogP contribution in [0.3, 0.4) is 0 Å². The molecule has 4 N–H and O–H groups in total. The number of hydrogen-bond donors (Lipinski definition) is 3. The third kappa shape index (κ3) is 6.46. The fourth-order valence-corrected chi connectivity index (χ4v) is 6.61. The summed E-state index contributed by atoms with van der Waals surface area (Å²) in [4.78, 5) is 32.4. The molecule has 228 valence electrons. The van der Waals surface area contributed by atoms with E-state index in [-0.39, 0.29) is 17.2 Å². The Kier molecular flexibility index (Phi) is 8.75. The van der Waals surface area contributed by atoms with Gasteiger partial charge in [0.1, 0.15) is 17.3 Å². The van der Waals surface area contributed by atoms with E-state index >= 15 is 0 Å². The van der Waals surface area contributed by atoms with Crippen molar-refractivity contribution in [2.24, 2.45) is 12.5 Å². The number of rotatable bonds is 10. The molecule has 0 bridgehead atoms. The SMILES string of the molecule is COc1cc(-c2csc3c(/C=C/C(=O)NCC(C)(C)CN(C)C)cnc(N)c23)ccc1NC(=O)c1cc2ccccc2n1C. The molecule has 0 aliphatic carbocycles. The second-order valence-electron chi connectivity index (χ2n) is 11.9. The molecule has 10 heteroatoms. The molecular weight excluding hydrogens is 572 g/mol. The Morgan fingerprint density at radius 1 is 1.16 bits per heavy atom. The van der Waals surface area contributed by atoms with Crippen LogP contribution < -0.4 is 21.1 Å². The quantitative estimate of drug-likeness (QED) is 0.167. The maximum Gasteiger partial charge on any atom is 0.272 e. The zero-order valence-corrected chi connectivity index (χ0v) is 26.7. The number of nitrogens with one attached hydrogen (secondary N) is 2. The zero-order valence-electron chi connectivity index (χ0n) is 25.9. The summed E-state index contributed by atoms with van der Waals surface area (Å²) in [5.41, 5.74) is 11.0. The fourth-order valence-electron chi connectivity index (χ4n) is 5.54. The van der Waals surface area contributed by atoms with Crippen molar-refractivity contribution >= 4 is 61.7 Å². The van der Waals surface area contributed by atoms with Crippen molar-refractivity contribution < 1.29 is 14.3 Å². The monoisotopic (exact) mass is 610 g/mol. The lowest BCUT2D eigenvalue weighted by Crippen LogP contribution is -2.39. The van der Waals surface area contributed by atoms with Crippen LogP contribution in [0.4, 0.5) is 11.5 Å². The molecule has 5 aromatic rings. The van der Waals surface area contributed by atoms with Crippen LogP contribution in [0, 0.1) is 5.41 Å². The molecule has 5 rings (SSSR count). The summed E-state index contributed by atoms with van der Waals surface area (Å²) < 4.78 is 8.49. The first-order valence-corrected chi connectivity index (χ1v) is 15.2. The summed E-state index contributed by atoms with van der Waals surface area (Å²) in [7, 11) is 7.49. The summed E-state index contributed by atoms with van der Waals surface area (Å²) in [5, 5.41) is 9.82. The minimum absolute atomic E-state index is 0.0545. The van der Waals surface area contributed by atoms with Crippen molar-refractivity contribution in [2.45, 2.75) is 13.8 Å². The largest absolute Gasteiger partial charge is 0.495 e. The van der Waals surface area contributed by atoms with E-state index in [0.29, 0.717) is 29.5 Å². The number of benzene rings is 2. The third-order valence-electron chi connectivity index (χ3n) is 7.50. The molecule has 44 heavy (non-hydrogen) atoms. The van der Waals surface area contributed by atoms with Crippen LogP contribution in [0.15, 0.2) is 66.2 Å². The van der Waals surface area contributed by atoms with E-state index in [1.54, 1.807) is 19.4 Å². The fraction of sp³-hybridized carbons (Fsp3) is 0.265. The normalized spacial score (nSPS) is 12.0. The Balaban J connectivity index is 1.38. The number of amides is 2. The standard InChI is InChI=1S/C34H38N6O3S/c1-34(2,20-39(3)4)19-37-29(41)14-12-23-17-36-32(35)30-24(18-44-31(23)30)21-11-13-25(28(16-21)43-6)38-33(42)27-15-22-9-7-8-10-26(22)40(27)5/h7-18H,19-20H2,1-6H3,(H2,35,36)(H,37,41)(H,38,42)/b14-12+. The number of carbonyl (C=O) groups is 2. The van der Waals surface area contributed by atoms with Crippen LogP contribution in [0.25, 0.3) is 38.2 Å². The number of aromatic nitrogens is 2.